The van der Waals surface area contributed by atoms with Crippen molar-refractivity contribution in [2.24, 2.45) is 0 Å². The van der Waals surface area contributed by atoms with Gasteiger partial charge < -0.3 is 19.6 Å². The second-order valence-electron chi connectivity index (χ2n) is 4.43. The topological polar surface area (TPSA) is 54.6 Å². The predicted octanol–water partition coefficient (Wildman–Crippen LogP) is 2.67. The highest BCUT2D eigenvalue weighted by molar-refractivity contribution is 5.28. The average Bonchev–Trinajstić information content (AvgIpc) is 2.98. The number of rotatable bonds is 6. The lowest BCUT2D eigenvalue weighted by atomic mass is 10.1. The highest BCUT2D eigenvalue weighted by Gasteiger charge is 2.12. The third-order valence-corrected chi connectivity index (χ3v) is 3.10. The van der Waals surface area contributed by atoms with Crippen LogP contribution in [0.4, 0.5) is 0 Å². The van der Waals surface area contributed by atoms with Crippen LogP contribution in [0.1, 0.15) is 30.4 Å². The Balaban J connectivity index is 1.88. The second kappa shape index (κ2) is 6.41. The first kappa shape index (κ1) is 13.6. The molecule has 0 radical (unpaired) electrons. The van der Waals surface area contributed by atoms with Gasteiger partial charge in [-0.2, -0.15) is 0 Å². The van der Waals surface area contributed by atoms with Crippen LogP contribution < -0.4 is 10.1 Å². The zero-order valence-corrected chi connectivity index (χ0v) is 11.2. The van der Waals surface area contributed by atoms with Crippen molar-refractivity contribution < 1.29 is 14.3 Å². The van der Waals surface area contributed by atoms with Gasteiger partial charge in [0, 0.05) is 12.6 Å². The maximum Gasteiger partial charge on any atom is 0.133 e. The standard InChI is InChI=1S/C15H19NO3/c1-11(12-5-7-13(18-2)8-6-12)16-10-14(17)15-4-3-9-19-15/h3-9,11,14,16-17H,10H2,1-2H3. The number of hydrogen-bond acceptors (Lipinski definition) is 4. The van der Waals surface area contributed by atoms with Crippen molar-refractivity contribution in [2.75, 3.05) is 13.7 Å². The number of nitrogens with one attached hydrogen (secondary N) is 1. The van der Waals surface area contributed by atoms with Crippen LogP contribution in [0.5, 0.6) is 5.75 Å². The molecule has 0 amide bonds. The average molecular weight is 261 g/mol. The Morgan fingerprint density at radius 3 is 2.58 bits per heavy atom. The molecule has 0 aliphatic carbocycles. The van der Waals surface area contributed by atoms with Crippen LogP contribution in [-0.2, 0) is 0 Å². The summed E-state index contributed by atoms with van der Waals surface area (Å²) in [6.07, 6.45) is 0.932. The molecule has 0 spiro atoms. The van der Waals surface area contributed by atoms with Gasteiger partial charge in [0.1, 0.15) is 17.6 Å². The van der Waals surface area contributed by atoms with Gasteiger partial charge in [0.15, 0.2) is 0 Å². The van der Waals surface area contributed by atoms with Crippen molar-refractivity contribution in [3.8, 4) is 5.75 Å². The lowest BCUT2D eigenvalue weighted by Crippen LogP contribution is -2.24. The minimum atomic E-state index is -0.629. The molecule has 0 fully saturated rings. The van der Waals surface area contributed by atoms with E-state index in [-0.39, 0.29) is 6.04 Å². The Kier molecular flexibility index (Phi) is 4.60. The predicted molar refractivity (Wildman–Crippen MR) is 73.1 cm³/mol. The smallest absolute Gasteiger partial charge is 0.133 e. The third kappa shape index (κ3) is 3.59. The molecule has 0 saturated heterocycles. The van der Waals surface area contributed by atoms with Gasteiger partial charge in [-0.3, -0.25) is 0 Å². The van der Waals surface area contributed by atoms with Crippen molar-refractivity contribution >= 4 is 0 Å². The first-order valence-corrected chi connectivity index (χ1v) is 6.29. The first-order valence-electron chi connectivity index (χ1n) is 6.29. The summed E-state index contributed by atoms with van der Waals surface area (Å²) in [4.78, 5) is 0. The third-order valence-electron chi connectivity index (χ3n) is 3.10. The maximum atomic E-state index is 9.91. The lowest BCUT2D eigenvalue weighted by Gasteiger charge is -2.16. The molecule has 1 aromatic heterocycles. The number of hydrogen-bond donors (Lipinski definition) is 2. The summed E-state index contributed by atoms with van der Waals surface area (Å²) in [5.74, 6) is 1.42. The Morgan fingerprint density at radius 2 is 2.00 bits per heavy atom. The highest BCUT2D eigenvalue weighted by Crippen LogP contribution is 2.18. The molecule has 4 nitrogen and oxygen atoms in total. The van der Waals surface area contributed by atoms with Gasteiger partial charge >= 0.3 is 0 Å². The summed E-state index contributed by atoms with van der Waals surface area (Å²) in [5.41, 5.74) is 1.15. The van der Waals surface area contributed by atoms with Crippen molar-refractivity contribution in [3.63, 3.8) is 0 Å². The molecular weight excluding hydrogens is 242 g/mol. The van der Waals surface area contributed by atoms with E-state index in [1.807, 2.05) is 24.3 Å². The Morgan fingerprint density at radius 1 is 1.26 bits per heavy atom. The number of benzene rings is 1. The number of aliphatic hydroxyl groups excluding tert-OH is 1. The molecule has 1 aromatic carbocycles. The Labute approximate surface area is 113 Å². The molecule has 0 saturated carbocycles. The van der Waals surface area contributed by atoms with Gasteiger partial charge in [0.2, 0.25) is 0 Å². The molecule has 2 atom stereocenters. The van der Waals surface area contributed by atoms with E-state index < -0.39 is 6.10 Å². The summed E-state index contributed by atoms with van der Waals surface area (Å²) >= 11 is 0. The van der Waals surface area contributed by atoms with Crippen LogP contribution in [0, 0.1) is 0 Å². The van der Waals surface area contributed by atoms with E-state index in [0.29, 0.717) is 12.3 Å². The van der Waals surface area contributed by atoms with Crippen molar-refractivity contribution in [2.45, 2.75) is 19.1 Å². The molecule has 2 unspecified atom stereocenters. The van der Waals surface area contributed by atoms with E-state index in [0.717, 1.165) is 11.3 Å². The fraction of sp³-hybridized carbons (Fsp3) is 0.333. The number of ether oxygens (including phenoxy) is 1. The quantitative estimate of drug-likeness (QED) is 0.839. The van der Waals surface area contributed by atoms with E-state index in [9.17, 15) is 5.11 Å². The second-order valence-corrected chi connectivity index (χ2v) is 4.43. The zero-order valence-electron chi connectivity index (χ0n) is 11.2. The van der Waals surface area contributed by atoms with Crippen LogP contribution in [0.15, 0.2) is 47.1 Å². The van der Waals surface area contributed by atoms with Crippen molar-refractivity contribution in [1.82, 2.24) is 5.32 Å². The SMILES string of the molecule is COc1ccc(C(C)NCC(O)c2ccco2)cc1. The summed E-state index contributed by atoms with van der Waals surface area (Å²) in [7, 11) is 1.65. The van der Waals surface area contributed by atoms with E-state index in [1.54, 1.807) is 25.5 Å². The van der Waals surface area contributed by atoms with Gasteiger partial charge in [0.25, 0.3) is 0 Å². The minimum Gasteiger partial charge on any atom is -0.497 e. The zero-order chi connectivity index (χ0) is 13.7. The summed E-state index contributed by atoms with van der Waals surface area (Å²) in [5, 5.41) is 13.2. The van der Waals surface area contributed by atoms with Gasteiger partial charge in [-0.05, 0) is 36.8 Å². The minimum absolute atomic E-state index is 0.149. The van der Waals surface area contributed by atoms with Crippen LogP contribution in [0.25, 0.3) is 0 Å². The number of furan rings is 1. The molecule has 4 heteroatoms. The molecule has 2 aromatic rings. The van der Waals surface area contributed by atoms with E-state index in [1.165, 1.54) is 0 Å². The lowest BCUT2D eigenvalue weighted by molar-refractivity contribution is 0.144. The molecule has 0 aliphatic rings. The van der Waals surface area contributed by atoms with Crippen LogP contribution in [-0.4, -0.2) is 18.8 Å². The first-order chi connectivity index (χ1) is 9.20. The summed E-state index contributed by atoms with van der Waals surface area (Å²) in [6, 6.07) is 11.6. The molecule has 2 rings (SSSR count). The van der Waals surface area contributed by atoms with Crippen LogP contribution in [0.3, 0.4) is 0 Å². The van der Waals surface area contributed by atoms with Crippen molar-refractivity contribution in [1.29, 1.82) is 0 Å². The van der Waals surface area contributed by atoms with Crippen molar-refractivity contribution in [3.05, 3.63) is 54.0 Å². The number of methoxy groups -OCH3 is 1. The van der Waals surface area contributed by atoms with Gasteiger partial charge in [-0.1, -0.05) is 12.1 Å². The maximum absolute atomic E-state index is 9.91. The molecule has 1 heterocycles. The molecule has 2 N–H and O–H groups in total. The van der Waals surface area contributed by atoms with E-state index in [4.69, 9.17) is 9.15 Å². The Bertz CT molecular complexity index is 479. The highest BCUT2D eigenvalue weighted by atomic mass is 16.5. The van der Waals surface area contributed by atoms with E-state index in [2.05, 4.69) is 12.2 Å². The monoisotopic (exact) mass is 261 g/mol. The fourth-order valence-electron chi connectivity index (χ4n) is 1.88. The van der Waals surface area contributed by atoms with Crippen LogP contribution >= 0.6 is 0 Å². The normalized spacial score (nSPS) is 14.1. The molecule has 0 aliphatic heterocycles. The van der Waals surface area contributed by atoms with Gasteiger partial charge in [-0.25, -0.2) is 0 Å². The largest absolute Gasteiger partial charge is 0.497 e. The Hall–Kier alpha value is -1.78. The molecular formula is C15H19NO3. The molecule has 0 bridgehead atoms. The molecule has 102 valence electrons. The fourth-order valence-corrected chi connectivity index (χ4v) is 1.88. The van der Waals surface area contributed by atoms with Gasteiger partial charge in [-0.15, -0.1) is 0 Å². The summed E-state index contributed by atoms with van der Waals surface area (Å²) in [6.45, 7) is 2.50. The number of aliphatic hydroxyl groups is 1. The van der Waals surface area contributed by atoms with Crippen LogP contribution in [0.2, 0.25) is 0 Å². The molecule has 19 heavy (non-hydrogen) atoms. The van der Waals surface area contributed by atoms with Gasteiger partial charge in [0.05, 0.1) is 13.4 Å². The van der Waals surface area contributed by atoms with E-state index >= 15 is 0 Å². The summed E-state index contributed by atoms with van der Waals surface area (Å²) < 4.78 is 10.3.